The summed E-state index contributed by atoms with van der Waals surface area (Å²) in [5, 5.41) is 0. The van der Waals surface area contributed by atoms with Gasteiger partial charge in [-0.3, -0.25) is 9.59 Å². The van der Waals surface area contributed by atoms with Crippen LogP contribution in [0.5, 0.6) is 0 Å². The number of esters is 2. The van der Waals surface area contributed by atoms with E-state index >= 15 is 0 Å². The molecule has 0 N–H and O–H groups in total. The van der Waals surface area contributed by atoms with Crippen molar-refractivity contribution in [1.29, 1.82) is 0 Å². The van der Waals surface area contributed by atoms with Gasteiger partial charge in [0, 0.05) is 12.8 Å². The Morgan fingerprint density at radius 3 is 1.96 bits per heavy atom. The molecule has 0 saturated carbocycles. The molecule has 0 aliphatic carbocycles. The topological polar surface area (TPSA) is 52.6 Å². The summed E-state index contributed by atoms with van der Waals surface area (Å²) in [4.78, 5) is 23.1. The lowest BCUT2D eigenvalue weighted by atomic mass is 10.1. The average molecular weight is 343 g/mol. The summed E-state index contributed by atoms with van der Waals surface area (Å²) in [7, 11) is 0. The third kappa shape index (κ3) is 15.8. The van der Waals surface area contributed by atoms with Crippen LogP contribution in [-0.4, -0.2) is 24.6 Å². The molecule has 0 fully saturated rings. The van der Waals surface area contributed by atoms with Crippen molar-refractivity contribution in [3.8, 4) is 0 Å². The van der Waals surface area contributed by atoms with Crippen LogP contribution in [0.2, 0.25) is 0 Å². The first-order chi connectivity index (χ1) is 11.6. The van der Waals surface area contributed by atoms with Gasteiger partial charge in [-0.25, -0.2) is 0 Å². The SMILES string of the molecule is CCCCCCCCCCOC(=O)CCCC(=O)OC(C)CCC. The maximum atomic E-state index is 11.6. The average Bonchev–Trinajstić information content (AvgIpc) is 2.53. The fourth-order valence-electron chi connectivity index (χ4n) is 2.62. The van der Waals surface area contributed by atoms with Gasteiger partial charge in [-0.15, -0.1) is 0 Å². The number of rotatable bonds is 16. The molecule has 0 heterocycles. The number of hydrogen-bond donors (Lipinski definition) is 0. The van der Waals surface area contributed by atoms with Crippen LogP contribution in [0.15, 0.2) is 0 Å². The Morgan fingerprint density at radius 1 is 0.750 bits per heavy atom. The first-order valence-corrected chi connectivity index (χ1v) is 9.95. The van der Waals surface area contributed by atoms with E-state index in [-0.39, 0.29) is 18.0 Å². The Bertz CT molecular complexity index is 315. The van der Waals surface area contributed by atoms with Crippen molar-refractivity contribution in [1.82, 2.24) is 0 Å². The predicted octanol–water partition coefficient (Wildman–Crippen LogP) is 5.57. The van der Waals surface area contributed by atoms with Crippen molar-refractivity contribution in [2.45, 2.75) is 110 Å². The summed E-state index contributed by atoms with van der Waals surface area (Å²) >= 11 is 0. The maximum Gasteiger partial charge on any atom is 0.306 e. The van der Waals surface area contributed by atoms with E-state index in [9.17, 15) is 9.59 Å². The summed E-state index contributed by atoms with van der Waals surface area (Å²) in [6, 6.07) is 0. The second-order valence-electron chi connectivity index (χ2n) is 6.64. The van der Waals surface area contributed by atoms with Crippen molar-refractivity contribution in [3.05, 3.63) is 0 Å². The van der Waals surface area contributed by atoms with Gasteiger partial charge in [0.15, 0.2) is 0 Å². The largest absolute Gasteiger partial charge is 0.466 e. The Kier molecular flexibility index (Phi) is 16.0. The Morgan fingerprint density at radius 2 is 1.33 bits per heavy atom. The van der Waals surface area contributed by atoms with E-state index in [1.165, 1.54) is 38.5 Å². The molecule has 142 valence electrons. The van der Waals surface area contributed by atoms with Crippen LogP contribution in [0, 0.1) is 0 Å². The van der Waals surface area contributed by atoms with Crippen LogP contribution < -0.4 is 0 Å². The van der Waals surface area contributed by atoms with Crippen molar-refractivity contribution in [2.24, 2.45) is 0 Å². The van der Waals surface area contributed by atoms with Gasteiger partial charge < -0.3 is 9.47 Å². The number of carbonyl (C=O) groups excluding carboxylic acids is 2. The summed E-state index contributed by atoms with van der Waals surface area (Å²) in [6.45, 7) is 6.70. The van der Waals surface area contributed by atoms with E-state index in [1.54, 1.807) is 0 Å². The maximum absolute atomic E-state index is 11.6. The molecule has 0 aliphatic rings. The molecular formula is C20H38O4. The molecule has 0 saturated heterocycles. The normalized spacial score (nSPS) is 12.0. The van der Waals surface area contributed by atoms with Gasteiger partial charge in [0.2, 0.25) is 0 Å². The van der Waals surface area contributed by atoms with E-state index in [0.29, 0.717) is 25.9 Å². The number of carbonyl (C=O) groups is 2. The zero-order valence-corrected chi connectivity index (χ0v) is 16.1. The van der Waals surface area contributed by atoms with Gasteiger partial charge in [-0.05, 0) is 26.2 Å². The minimum absolute atomic E-state index is 0.0311. The minimum atomic E-state index is -0.216. The molecule has 0 amide bonds. The van der Waals surface area contributed by atoms with Crippen molar-refractivity contribution >= 4 is 11.9 Å². The zero-order valence-electron chi connectivity index (χ0n) is 16.1. The number of unbranched alkanes of at least 4 members (excludes halogenated alkanes) is 7. The second-order valence-corrected chi connectivity index (χ2v) is 6.64. The standard InChI is InChI=1S/C20H38O4/c1-4-6-7-8-9-10-11-12-17-23-19(21)15-13-16-20(22)24-18(3)14-5-2/h18H,4-17H2,1-3H3. The monoisotopic (exact) mass is 342 g/mol. The fraction of sp³-hybridized carbons (Fsp3) is 0.900. The third-order valence-corrected chi connectivity index (χ3v) is 4.05. The van der Waals surface area contributed by atoms with Gasteiger partial charge in [0.1, 0.15) is 0 Å². The fourth-order valence-corrected chi connectivity index (χ4v) is 2.62. The summed E-state index contributed by atoms with van der Waals surface area (Å²) < 4.78 is 10.4. The molecule has 0 aromatic rings. The van der Waals surface area contributed by atoms with E-state index in [0.717, 1.165) is 25.7 Å². The summed E-state index contributed by atoms with van der Waals surface area (Å²) in [5.41, 5.74) is 0. The minimum Gasteiger partial charge on any atom is -0.466 e. The van der Waals surface area contributed by atoms with Gasteiger partial charge in [0.05, 0.1) is 12.7 Å². The smallest absolute Gasteiger partial charge is 0.306 e. The van der Waals surface area contributed by atoms with E-state index < -0.39 is 0 Å². The molecule has 0 rings (SSSR count). The predicted molar refractivity (Wildman–Crippen MR) is 97.9 cm³/mol. The highest BCUT2D eigenvalue weighted by molar-refractivity contribution is 5.72. The van der Waals surface area contributed by atoms with Crippen molar-refractivity contribution in [3.63, 3.8) is 0 Å². The zero-order chi connectivity index (χ0) is 18.0. The molecule has 1 unspecified atom stereocenters. The van der Waals surface area contributed by atoms with E-state index in [4.69, 9.17) is 9.47 Å². The van der Waals surface area contributed by atoms with Crippen LogP contribution in [0.3, 0.4) is 0 Å². The molecule has 4 heteroatoms. The van der Waals surface area contributed by atoms with Crippen LogP contribution in [0.4, 0.5) is 0 Å². The van der Waals surface area contributed by atoms with Crippen molar-refractivity contribution in [2.75, 3.05) is 6.61 Å². The quantitative estimate of drug-likeness (QED) is 0.272. The van der Waals surface area contributed by atoms with Crippen LogP contribution in [0.25, 0.3) is 0 Å². The molecule has 0 radical (unpaired) electrons. The first-order valence-electron chi connectivity index (χ1n) is 9.95. The van der Waals surface area contributed by atoms with Gasteiger partial charge in [-0.1, -0.05) is 65.2 Å². The van der Waals surface area contributed by atoms with Crippen LogP contribution in [-0.2, 0) is 19.1 Å². The molecule has 24 heavy (non-hydrogen) atoms. The van der Waals surface area contributed by atoms with Gasteiger partial charge >= 0.3 is 11.9 Å². The van der Waals surface area contributed by atoms with Crippen LogP contribution in [0.1, 0.15) is 104 Å². The molecule has 1 atom stereocenters. The Labute approximate surface area is 148 Å². The highest BCUT2D eigenvalue weighted by Gasteiger charge is 2.10. The highest BCUT2D eigenvalue weighted by Crippen LogP contribution is 2.09. The molecule has 0 aromatic heterocycles. The summed E-state index contributed by atoms with van der Waals surface area (Å²) in [6.07, 6.45) is 12.8. The Balaban J connectivity index is 3.39. The lowest BCUT2D eigenvalue weighted by Crippen LogP contribution is -2.15. The highest BCUT2D eigenvalue weighted by atomic mass is 16.5. The third-order valence-electron chi connectivity index (χ3n) is 4.05. The van der Waals surface area contributed by atoms with E-state index in [1.807, 2.05) is 6.92 Å². The van der Waals surface area contributed by atoms with Crippen molar-refractivity contribution < 1.29 is 19.1 Å². The molecule has 4 nitrogen and oxygen atoms in total. The van der Waals surface area contributed by atoms with E-state index in [2.05, 4.69) is 13.8 Å². The number of ether oxygens (including phenoxy) is 2. The second kappa shape index (κ2) is 16.8. The lowest BCUT2D eigenvalue weighted by Gasteiger charge is -2.11. The molecule has 0 bridgehead atoms. The van der Waals surface area contributed by atoms with Gasteiger partial charge in [-0.2, -0.15) is 0 Å². The van der Waals surface area contributed by atoms with Gasteiger partial charge in [0.25, 0.3) is 0 Å². The molecule has 0 spiro atoms. The number of hydrogen-bond acceptors (Lipinski definition) is 4. The first kappa shape index (κ1) is 22.9. The summed E-state index contributed by atoms with van der Waals surface area (Å²) in [5.74, 6) is -0.417. The molecular weight excluding hydrogens is 304 g/mol. The lowest BCUT2D eigenvalue weighted by molar-refractivity contribution is -0.149. The van der Waals surface area contributed by atoms with Crippen LogP contribution >= 0.6 is 0 Å². The Hall–Kier alpha value is -1.06. The molecule has 0 aliphatic heterocycles. The molecule has 0 aromatic carbocycles.